The number of nitrogens with zero attached hydrogens (tertiary/aromatic N) is 4. The van der Waals surface area contributed by atoms with Crippen molar-refractivity contribution in [2.45, 2.75) is 45.2 Å². The van der Waals surface area contributed by atoms with E-state index in [-0.39, 0.29) is 24.0 Å². The topological polar surface area (TPSA) is 90.9 Å². The van der Waals surface area contributed by atoms with Gasteiger partial charge in [0.1, 0.15) is 6.54 Å². The minimum atomic E-state index is -0.473. The van der Waals surface area contributed by atoms with Crippen LogP contribution in [0.15, 0.2) is 14.3 Å². The van der Waals surface area contributed by atoms with Gasteiger partial charge in [0.2, 0.25) is 5.91 Å². The van der Waals surface area contributed by atoms with Gasteiger partial charge < -0.3 is 5.32 Å². The van der Waals surface area contributed by atoms with E-state index in [1.807, 2.05) is 0 Å². The molecule has 0 aromatic carbocycles. The molecule has 1 aliphatic carbocycles. The van der Waals surface area contributed by atoms with Crippen LogP contribution in [-0.4, -0.2) is 30.6 Å². The Morgan fingerprint density at radius 1 is 1.20 bits per heavy atom. The van der Waals surface area contributed by atoms with Gasteiger partial charge in [-0.15, -0.1) is 0 Å². The number of fused-ring (bicyclic) bond motifs is 1. The van der Waals surface area contributed by atoms with E-state index in [1.54, 1.807) is 11.6 Å². The molecule has 0 spiro atoms. The molecule has 9 heteroatoms. The number of halogens is 1. The summed E-state index contributed by atoms with van der Waals surface area (Å²) in [5.74, 6) is 0.568. The first kappa shape index (κ1) is 17.9. The third kappa shape index (κ3) is 3.29. The summed E-state index contributed by atoms with van der Waals surface area (Å²) in [6, 6.07) is 0.189. The van der Waals surface area contributed by atoms with Crippen LogP contribution >= 0.6 is 15.9 Å². The standard InChI is InChI=1S/C16H22BrN5O3/c1-9-4-6-10(7-5-9)18-11(23)8-22-13-12(19-15(22)17)14(24)21(3)16(25)20(13)2/h9-10H,4-8H2,1-3H3,(H,18,23). The summed E-state index contributed by atoms with van der Waals surface area (Å²) in [6.07, 6.45) is 4.20. The molecular formula is C16H22BrN5O3. The summed E-state index contributed by atoms with van der Waals surface area (Å²) in [5.41, 5.74) is -0.421. The highest BCUT2D eigenvalue weighted by atomic mass is 79.9. The van der Waals surface area contributed by atoms with Gasteiger partial charge in [-0.3, -0.25) is 23.3 Å². The molecule has 2 aromatic heterocycles. The van der Waals surface area contributed by atoms with Gasteiger partial charge in [0.25, 0.3) is 5.56 Å². The number of aryl methyl sites for hydroxylation is 1. The summed E-state index contributed by atoms with van der Waals surface area (Å²) in [5, 5.41) is 3.05. The van der Waals surface area contributed by atoms with Crippen LogP contribution in [0.5, 0.6) is 0 Å². The first-order valence-corrected chi connectivity index (χ1v) is 9.20. The van der Waals surface area contributed by atoms with E-state index in [2.05, 4.69) is 33.2 Å². The quantitative estimate of drug-likeness (QED) is 0.759. The lowest BCUT2D eigenvalue weighted by Crippen LogP contribution is -2.40. The summed E-state index contributed by atoms with van der Waals surface area (Å²) in [4.78, 5) is 41.1. The predicted octanol–water partition coefficient (Wildman–Crippen LogP) is 0.891. The van der Waals surface area contributed by atoms with Crippen molar-refractivity contribution in [3.63, 3.8) is 0 Å². The molecule has 0 saturated heterocycles. The molecule has 3 rings (SSSR count). The second kappa shape index (κ2) is 6.78. The van der Waals surface area contributed by atoms with Gasteiger partial charge in [0.05, 0.1) is 0 Å². The molecule has 2 heterocycles. The van der Waals surface area contributed by atoms with Crippen molar-refractivity contribution < 1.29 is 4.79 Å². The van der Waals surface area contributed by atoms with Crippen molar-refractivity contribution in [2.75, 3.05) is 0 Å². The van der Waals surface area contributed by atoms with Gasteiger partial charge in [-0.05, 0) is 47.5 Å². The van der Waals surface area contributed by atoms with Crippen LogP contribution in [0.25, 0.3) is 11.2 Å². The van der Waals surface area contributed by atoms with Crippen LogP contribution in [-0.2, 0) is 25.4 Å². The van der Waals surface area contributed by atoms with E-state index in [9.17, 15) is 14.4 Å². The lowest BCUT2D eigenvalue weighted by atomic mass is 9.87. The Kier molecular flexibility index (Phi) is 4.86. The fourth-order valence-corrected chi connectivity index (χ4v) is 3.89. The highest BCUT2D eigenvalue weighted by Gasteiger charge is 2.22. The average molecular weight is 412 g/mol. The lowest BCUT2D eigenvalue weighted by molar-refractivity contribution is -0.122. The van der Waals surface area contributed by atoms with E-state index in [4.69, 9.17) is 0 Å². The normalized spacial score (nSPS) is 20.8. The number of amides is 1. The molecule has 0 aliphatic heterocycles. The van der Waals surface area contributed by atoms with Crippen LogP contribution in [0, 0.1) is 5.92 Å². The second-order valence-corrected chi connectivity index (χ2v) is 7.58. The van der Waals surface area contributed by atoms with Crippen LogP contribution in [0.4, 0.5) is 0 Å². The molecule has 0 radical (unpaired) electrons. The number of hydrogen-bond donors (Lipinski definition) is 1. The molecule has 1 aliphatic rings. The third-order valence-electron chi connectivity index (χ3n) is 4.98. The molecule has 0 bridgehead atoms. The number of imidazole rings is 1. The SMILES string of the molecule is CC1CCC(NC(=O)Cn2c(Br)nc3c(=O)n(C)c(=O)n(C)c32)CC1. The zero-order chi connectivity index (χ0) is 18.3. The molecule has 1 saturated carbocycles. The number of hydrogen-bond acceptors (Lipinski definition) is 4. The van der Waals surface area contributed by atoms with Gasteiger partial charge in [-0.25, -0.2) is 9.78 Å². The first-order chi connectivity index (χ1) is 11.8. The Morgan fingerprint density at radius 2 is 1.84 bits per heavy atom. The largest absolute Gasteiger partial charge is 0.352 e. The van der Waals surface area contributed by atoms with E-state index < -0.39 is 11.2 Å². The van der Waals surface area contributed by atoms with E-state index >= 15 is 0 Å². The number of nitrogens with one attached hydrogen (secondary N) is 1. The fraction of sp³-hybridized carbons (Fsp3) is 0.625. The summed E-state index contributed by atoms with van der Waals surface area (Å²) >= 11 is 3.30. The zero-order valence-electron chi connectivity index (χ0n) is 14.6. The van der Waals surface area contributed by atoms with E-state index in [1.165, 1.54) is 11.6 Å². The molecule has 8 nitrogen and oxygen atoms in total. The highest BCUT2D eigenvalue weighted by molar-refractivity contribution is 9.10. The number of aromatic nitrogens is 4. The number of rotatable bonds is 3. The average Bonchev–Trinajstić information content (AvgIpc) is 2.90. The summed E-state index contributed by atoms with van der Waals surface area (Å²) in [7, 11) is 2.98. The van der Waals surface area contributed by atoms with Crippen molar-refractivity contribution in [3.05, 3.63) is 25.6 Å². The molecule has 0 unspecified atom stereocenters. The Balaban J connectivity index is 1.89. The zero-order valence-corrected chi connectivity index (χ0v) is 16.2. The summed E-state index contributed by atoms with van der Waals surface area (Å²) < 4.78 is 4.26. The monoisotopic (exact) mass is 411 g/mol. The van der Waals surface area contributed by atoms with Crippen molar-refractivity contribution in [2.24, 2.45) is 20.0 Å². The van der Waals surface area contributed by atoms with Gasteiger partial charge in [-0.2, -0.15) is 0 Å². The van der Waals surface area contributed by atoms with Gasteiger partial charge in [0, 0.05) is 20.1 Å². The fourth-order valence-electron chi connectivity index (χ4n) is 3.42. The maximum absolute atomic E-state index is 12.5. The molecule has 0 atom stereocenters. The minimum Gasteiger partial charge on any atom is -0.352 e. The molecular weight excluding hydrogens is 390 g/mol. The van der Waals surface area contributed by atoms with Crippen molar-refractivity contribution in [1.82, 2.24) is 24.0 Å². The maximum atomic E-state index is 12.5. The van der Waals surface area contributed by atoms with Crippen LogP contribution in [0.1, 0.15) is 32.6 Å². The van der Waals surface area contributed by atoms with Crippen LogP contribution in [0.3, 0.4) is 0 Å². The van der Waals surface area contributed by atoms with Crippen molar-refractivity contribution >= 4 is 33.0 Å². The van der Waals surface area contributed by atoms with E-state index in [0.29, 0.717) is 16.3 Å². The molecule has 2 aromatic rings. The smallest absolute Gasteiger partial charge is 0.332 e. The number of carbonyl (C=O) groups is 1. The molecule has 1 fully saturated rings. The Hall–Kier alpha value is -1.90. The molecule has 1 amide bonds. The predicted molar refractivity (Wildman–Crippen MR) is 97.5 cm³/mol. The second-order valence-electron chi connectivity index (χ2n) is 6.87. The number of carbonyl (C=O) groups excluding carboxylic acids is 1. The van der Waals surface area contributed by atoms with Gasteiger partial charge >= 0.3 is 5.69 Å². The lowest BCUT2D eigenvalue weighted by Gasteiger charge is -2.27. The third-order valence-corrected chi connectivity index (χ3v) is 5.58. The maximum Gasteiger partial charge on any atom is 0.332 e. The van der Waals surface area contributed by atoms with Gasteiger partial charge in [0.15, 0.2) is 15.9 Å². The Bertz CT molecular complexity index is 934. The Morgan fingerprint density at radius 3 is 2.48 bits per heavy atom. The Labute approximate surface area is 153 Å². The van der Waals surface area contributed by atoms with Crippen molar-refractivity contribution in [1.29, 1.82) is 0 Å². The summed E-state index contributed by atoms with van der Waals surface area (Å²) in [6.45, 7) is 2.23. The molecule has 25 heavy (non-hydrogen) atoms. The van der Waals surface area contributed by atoms with Gasteiger partial charge in [-0.1, -0.05) is 6.92 Å². The molecule has 136 valence electrons. The first-order valence-electron chi connectivity index (χ1n) is 8.40. The van der Waals surface area contributed by atoms with Crippen LogP contribution < -0.4 is 16.6 Å². The van der Waals surface area contributed by atoms with E-state index in [0.717, 1.165) is 30.3 Å². The highest BCUT2D eigenvalue weighted by Crippen LogP contribution is 2.23. The van der Waals surface area contributed by atoms with Crippen LogP contribution in [0.2, 0.25) is 0 Å². The minimum absolute atomic E-state index is 0.00356. The van der Waals surface area contributed by atoms with Crippen molar-refractivity contribution in [3.8, 4) is 0 Å². The molecule has 1 N–H and O–H groups in total.